The zero-order chi connectivity index (χ0) is 12.4. The van der Waals surface area contributed by atoms with Crippen LogP contribution in [-0.2, 0) is 16.0 Å². The normalized spacial score (nSPS) is 19.8. The van der Waals surface area contributed by atoms with Gasteiger partial charge in [-0.3, -0.25) is 9.59 Å². The fourth-order valence-corrected chi connectivity index (χ4v) is 2.17. The molecule has 4 heteroatoms. The van der Waals surface area contributed by atoms with E-state index in [0.29, 0.717) is 6.42 Å². The highest BCUT2D eigenvalue weighted by atomic mass is 16.2. The SMILES string of the molecule is Cc1cc(C)cc(C[C@@H]2NC(=O)CNC2=O)c1. The molecule has 0 spiro atoms. The van der Waals surface area contributed by atoms with E-state index in [2.05, 4.69) is 16.7 Å². The van der Waals surface area contributed by atoms with E-state index in [1.165, 1.54) is 11.1 Å². The van der Waals surface area contributed by atoms with Crippen molar-refractivity contribution in [2.24, 2.45) is 0 Å². The van der Waals surface area contributed by atoms with Gasteiger partial charge in [-0.05, 0) is 19.4 Å². The molecule has 2 rings (SSSR count). The molecular weight excluding hydrogens is 216 g/mol. The Kier molecular flexibility index (Phi) is 3.13. The van der Waals surface area contributed by atoms with Gasteiger partial charge in [0.05, 0.1) is 6.54 Å². The summed E-state index contributed by atoms with van der Waals surface area (Å²) < 4.78 is 0. The Hall–Kier alpha value is -1.84. The van der Waals surface area contributed by atoms with Crippen LogP contribution in [0.2, 0.25) is 0 Å². The fourth-order valence-electron chi connectivity index (χ4n) is 2.17. The van der Waals surface area contributed by atoms with Crippen molar-refractivity contribution in [3.05, 3.63) is 34.9 Å². The van der Waals surface area contributed by atoms with E-state index in [0.717, 1.165) is 5.56 Å². The topological polar surface area (TPSA) is 58.2 Å². The lowest BCUT2D eigenvalue weighted by Gasteiger charge is -2.23. The van der Waals surface area contributed by atoms with Crippen LogP contribution in [0, 0.1) is 13.8 Å². The van der Waals surface area contributed by atoms with Crippen LogP contribution >= 0.6 is 0 Å². The summed E-state index contributed by atoms with van der Waals surface area (Å²) in [4.78, 5) is 22.8. The van der Waals surface area contributed by atoms with Crippen molar-refractivity contribution in [2.45, 2.75) is 26.3 Å². The van der Waals surface area contributed by atoms with Crippen LogP contribution in [0.15, 0.2) is 18.2 Å². The van der Waals surface area contributed by atoms with E-state index in [1.807, 2.05) is 26.0 Å². The maximum absolute atomic E-state index is 11.6. The summed E-state index contributed by atoms with van der Waals surface area (Å²) in [7, 11) is 0. The molecule has 1 aliphatic heterocycles. The molecule has 1 aliphatic rings. The van der Waals surface area contributed by atoms with Gasteiger partial charge in [-0.15, -0.1) is 0 Å². The van der Waals surface area contributed by atoms with E-state index in [9.17, 15) is 9.59 Å². The highest BCUT2D eigenvalue weighted by molar-refractivity contribution is 5.94. The molecule has 0 unspecified atom stereocenters. The zero-order valence-corrected chi connectivity index (χ0v) is 10.0. The van der Waals surface area contributed by atoms with E-state index >= 15 is 0 Å². The van der Waals surface area contributed by atoms with Gasteiger partial charge in [-0.1, -0.05) is 29.3 Å². The Morgan fingerprint density at radius 1 is 1.18 bits per heavy atom. The lowest BCUT2D eigenvalue weighted by atomic mass is 10.00. The molecule has 90 valence electrons. The number of rotatable bonds is 2. The van der Waals surface area contributed by atoms with Crippen molar-refractivity contribution in [3.8, 4) is 0 Å². The summed E-state index contributed by atoms with van der Waals surface area (Å²) in [6.07, 6.45) is 0.542. The van der Waals surface area contributed by atoms with Gasteiger partial charge in [0.1, 0.15) is 6.04 Å². The summed E-state index contributed by atoms with van der Waals surface area (Å²) in [5.41, 5.74) is 3.41. The Labute approximate surface area is 100 Å². The van der Waals surface area contributed by atoms with Crippen molar-refractivity contribution < 1.29 is 9.59 Å². The highest BCUT2D eigenvalue weighted by Crippen LogP contribution is 2.11. The number of benzene rings is 1. The molecule has 1 saturated heterocycles. The van der Waals surface area contributed by atoms with Gasteiger partial charge in [0, 0.05) is 6.42 Å². The molecule has 0 saturated carbocycles. The van der Waals surface area contributed by atoms with Crippen LogP contribution < -0.4 is 10.6 Å². The molecule has 0 bridgehead atoms. The molecule has 1 aromatic carbocycles. The average molecular weight is 232 g/mol. The summed E-state index contributed by atoms with van der Waals surface area (Å²) >= 11 is 0. The first kappa shape index (κ1) is 11.6. The summed E-state index contributed by atoms with van der Waals surface area (Å²) in [6.45, 7) is 4.13. The number of amides is 2. The maximum atomic E-state index is 11.6. The van der Waals surface area contributed by atoms with Crippen LogP contribution in [0.1, 0.15) is 16.7 Å². The first-order valence-electron chi connectivity index (χ1n) is 5.69. The number of nitrogens with one attached hydrogen (secondary N) is 2. The van der Waals surface area contributed by atoms with Gasteiger partial charge in [-0.25, -0.2) is 0 Å². The Morgan fingerprint density at radius 2 is 1.82 bits per heavy atom. The molecule has 17 heavy (non-hydrogen) atoms. The molecular formula is C13H16N2O2. The van der Waals surface area contributed by atoms with E-state index in [4.69, 9.17) is 0 Å². The van der Waals surface area contributed by atoms with Crippen molar-refractivity contribution in [3.63, 3.8) is 0 Å². The van der Waals surface area contributed by atoms with Gasteiger partial charge in [0.25, 0.3) is 0 Å². The van der Waals surface area contributed by atoms with Gasteiger partial charge in [0.15, 0.2) is 0 Å². The zero-order valence-electron chi connectivity index (χ0n) is 10.0. The molecule has 1 aromatic rings. The summed E-state index contributed by atoms with van der Waals surface area (Å²) in [5, 5.41) is 5.28. The third-order valence-electron chi connectivity index (χ3n) is 2.80. The fraction of sp³-hybridized carbons (Fsp3) is 0.385. The quantitative estimate of drug-likeness (QED) is 0.778. The maximum Gasteiger partial charge on any atom is 0.243 e. The minimum atomic E-state index is -0.447. The first-order chi connectivity index (χ1) is 8.04. The smallest absolute Gasteiger partial charge is 0.243 e. The second-order valence-corrected chi connectivity index (χ2v) is 4.54. The largest absolute Gasteiger partial charge is 0.345 e. The number of aryl methyl sites for hydroxylation is 2. The number of hydrogen-bond acceptors (Lipinski definition) is 2. The molecule has 1 atom stereocenters. The molecule has 1 fully saturated rings. The van der Waals surface area contributed by atoms with Crippen LogP contribution in [0.4, 0.5) is 0 Å². The number of carbonyl (C=O) groups excluding carboxylic acids is 2. The van der Waals surface area contributed by atoms with Gasteiger partial charge >= 0.3 is 0 Å². The Morgan fingerprint density at radius 3 is 2.47 bits per heavy atom. The second kappa shape index (κ2) is 4.57. The van der Waals surface area contributed by atoms with E-state index in [-0.39, 0.29) is 18.4 Å². The van der Waals surface area contributed by atoms with E-state index < -0.39 is 6.04 Å². The van der Waals surface area contributed by atoms with Gasteiger partial charge in [0.2, 0.25) is 11.8 Å². The average Bonchev–Trinajstić information content (AvgIpc) is 2.22. The third-order valence-corrected chi connectivity index (χ3v) is 2.80. The molecule has 4 nitrogen and oxygen atoms in total. The van der Waals surface area contributed by atoms with E-state index in [1.54, 1.807) is 0 Å². The van der Waals surface area contributed by atoms with Crippen molar-refractivity contribution >= 4 is 11.8 Å². The molecule has 0 aromatic heterocycles. The van der Waals surface area contributed by atoms with Crippen molar-refractivity contribution in [2.75, 3.05) is 6.54 Å². The lowest BCUT2D eigenvalue weighted by Crippen LogP contribution is -2.56. The van der Waals surface area contributed by atoms with Crippen LogP contribution in [0.25, 0.3) is 0 Å². The molecule has 1 heterocycles. The Bertz CT molecular complexity index is 448. The van der Waals surface area contributed by atoms with Crippen LogP contribution in [0.5, 0.6) is 0 Å². The molecule has 0 radical (unpaired) electrons. The second-order valence-electron chi connectivity index (χ2n) is 4.54. The Balaban J connectivity index is 2.13. The number of piperazine rings is 1. The highest BCUT2D eigenvalue weighted by Gasteiger charge is 2.25. The molecule has 2 N–H and O–H groups in total. The first-order valence-corrected chi connectivity index (χ1v) is 5.69. The van der Waals surface area contributed by atoms with Crippen molar-refractivity contribution in [1.29, 1.82) is 0 Å². The number of hydrogen-bond donors (Lipinski definition) is 2. The number of carbonyl (C=O) groups is 2. The predicted molar refractivity (Wildman–Crippen MR) is 64.6 cm³/mol. The predicted octanol–water partition coefficient (Wildman–Crippen LogP) is 0.461. The monoisotopic (exact) mass is 232 g/mol. The standard InChI is InChI=1S/C13H16N2O2/c1-8-3-9(2)5-10(4-8)6-11-13(17)14-7-12(16)15-11/h3-5,11H,6-7H2,1-2H3,(H,14,17)(H,15,16)/t11-/m0/s1. The van der Waals surface area contributed by atoms with Gasteiger partial charge < -0.3 is 10.6 Å². The molecule has 2 amide bonds. The van der Waals surface area contributed by atoms with Crippen LogP contribution in [-0.4, -0.2) is 24.4 Å². The van der Waals surface area contributed by atoms with Crippen LogP contribution in [0.3, 0.4) is 0 Å². The van der Waals surface area contributed by atoms with Gasteiger partial charge in [-0.2, -0.15) is 0 Å². The minimum absolute atomic E-state index is 0.0855. The molecule has 0 aliphatic carbocycles. The summed E-state index contributed by atoms with van der Waals surface area (Å²) in [5.74, 6) is -0.234. The lowest BCUT2D eigenvalue weighted by molar-refractivity contribution is -0.133. The van der Waals surface area contributed by atoms with Crippen molar-refractivity contribution in [1.82, 2.24) is 10.6 Å². The summed E-state index contributed by atoms with van der Waals surface area (Å²) in [6, 6.07) is 5.72. The minimum Gasteiger partial charge on any atom is -0.345 e. The third kappa shape index (κ3) is 2.84.